The third-order valence-electron chi connectivity index (χ3n) is 2.87. The maximum Gasteiger partial charge on any atom is 0.202 e. The molecule has 0 spiro atoms. The zero-order valence-corrected chi connectivity index (χ0v) is 7.92. The standard InChI is InChI=1S/C9H16O3/c1-4-9-6-5-7(10-12-9)8(2,3)11-9/h7H,4-6H2,1-3H3/t7-,9-/m0/s1. The summed E-state index contributed by atoms with van der Waals surface area (Å²) in [4.78, 5) is 10.5. The maximum absolute atomic E-state index is 5.86. The van der Waals surface area contributed by atoms with Gasteiger partial charge in [0.1, 0.15) is 6.10 Å². The molecule has 0 N–H and O–H groups in total. The van der Waals surface area contributed by atoms with Gasteiger partial charge < -0.3 is 4.74 Å². The van der Waals surface area contributed by atoms with Crippen LogP contribution in [0, 0.1) is 0 Å². The molecule has 3 aliphatic heterocycles. The Balaban J connectivity index is 2.20. The highest BCUT2D eigenvalue weighted by atomic mass is 17.2. The Morgan fingerprint density at radius 2 is 2.17 bits per heavy atom. The SMILES string of the molecule is CC[C@@]12CC[C@H](OO1)C(C)(C)O2. The van der Waals surface area contributed by atoms with Crippen molar-refractivity contribution in [3.63, 3.8) is 0 Å². The number of rotatable bonds is 1. The Bertz CT molecular complexity index is 180. The first-order valence-electron chi connectivity index (χ1n) is 4.63. The van der Waals surface area contributed by atoms with E-state index in [1.807, 2.05) is 0 Å². The van der Waals surface area contributed by atoms with Crippen LogP contribution in [0.4, 0.5) is 0 Å². The third kappa shape index (κ3) is 1.08. The largest absolute Gasteiger partial charge is 0.338 e. The second-order valence-corrected chi connectivity index (χ2v) is 4.18. The van der Waals surface area contributed by atoms with Crippen molar-refractivity contribution in [1.82, 2.24) is 0 Å². The van der Waals surface area contributed by atoms with E-state index >= 15 is 0 Å². The van der Waals surface area contributed by atoms with Crippen molar-refractivity contribution in [2.75, 3.05) is 0 Å². The summed E-state index contributed by atoms with van der Waals surface area (Å²) in [5, 5.41) is 0. The molecule has 3 nitrogen and oxygen atoms in total. The Labute approximate surface area is 72.9 Å². The summed E-state index contributed by atoms with van der Waals surface area (Å²) >= 11 is 0. The summed E-state index contributed by atoms with van der Waals surface area (Å²) in [6.45, 7) is 6.18. The highest BCUT2D eigenvalue weighted by Gasteiger charge is 2.53. The van der Waals surface area contributed by atoms with Crippen LogP contribution in [0.1, 0.15) is 40.0 Å². The summed E-state index contributed by atoms with van der Waals surface area (Å²) in [7, 11) is 0. The Morgan fingerprint density at radius 1 is 1.42 bits per heavy atom. The number of hydrogen-bond donors (Lipinski definition) is 0. The van der Waals surface area contributed by atoms with Crippen molar-refractivity contribution in [2.24, 2.45) is 0 Å². The first kappa shape index (κ1) is 8.48. The second kappa shape index (κ2) is 2.44. The molecule has 0 unspecified atom stereocenters. The second-order valence-electron chi connectivity index (χ2n) is 4.18. The van der Waals surface area contributed by atoms with Gasteiger partial charge in [-0.1, -0.05) is 6.92 Å². The van der Waals surface area contributed by atoms with Crippen LogP contribution < -0.4 is 0 Å². The molecular weight excluding hydrogens is 156 g/mol. The monoisotopic (exact) mass is 172 g/mol. The molecule has 0 aliphatic carbocycles. The zero-order chi connectivity index (χ0) is 8.82. The van der Waals surface area contributed by atoms with Crippen LogP contribution in [-0.2, 0) is 14.5 Å². The molecule has 0 aromatic heterocycles. The van der Waals surface area contributed by atoms with Crippen LogP contribution in [0.15, 0.2) is 0 Å². The number of fused-ring (bicyclic) bond motifs is 3. The van der Waals surface area contributed by atoms with E-state index in [1.165, 1.54) is 0 Å². The van der Waals surface area contributed by atoms with Gasteiger partial charge in [0, 0.05) is 12.8 Å². The van der Waals surface area contributed by atoms with Crippen LogP contribution in [-0.4, -0.2) is 17.5 Å². The van der Waals surface area contributed by atoms with E-state index in [1.54, 1.807) is 0 Å². The van der Waals surface area contributed by atoms with E-state index in [9.17, 15) is 0 Å². The van der Waals surface area contributed by atoms with Crippen molar-refractivity contribution in [3.05, 3.63) is 0 Å². The topological polar surface area (TPSA) is 27.7 Å². The van der Waals surface area contributed by atoms with Crippen LogP contribution in [0.2, 0.25) is 0 Å². The Morgan fingerprint density at radius 3 is 2.50 bits per heavy atom. The predicted molar refractivity (Wildman–Crippen MR) is 43.4 cm³/mol. The highest BCUT2D eigenvalue weighted by Crippen LogP contribution is 2.44. The molecule has 3 heterocycles. The van der Waals surface area contributed by atoms with Gasteiger partial charge in [-0.2, -0.15) is 0 Å². The Hall–Kier alpha value is -0.120. The highest BCUT2D eigenvalue weighted by molar-refractivity contribution is 4.92. The van der Waals surface area contributed by atoms with E-state index in [-0.39, 0.29) is 11.7 Å². The van der Waals surface area contributed by atoms with Gasteiger partial charge in [-0.25, -0.2) is 9.78 Å². The van der Waals surface area contributed by atoms with Crippen LogP contribution in [0.3, 0.4) is 0 Å². The molecule has 3 saturated heterocycles. The predicted octanol–water partition coefficient (Wildman–Crippen LogP) is 2.01. The molecule has 12 heavy (non-hydrogen) atoms. The minimum absolute atomic E-state index is 0.103. The fourth-order valence-corrected chi connectivity index (χ4v) is 1.97. The number of ether oxygens (including phenoxy) is 1. The van der Waals surface area contributed by atoms with Crippen molar-refractivity contribution in [3.8, 4) is 0 Å². The molecule has 0 amide bonds. The average molecular weight is 172 g/mol. The summed E-state index contributed by atoms with van der Waals surface area (Å²) in [5.74, 6) is -0.460. The normalized spacial score (nSPS) is 44.8. The smallest absolute Gasteiger partial charge is 0.202 e. The molecule has 3 heteroatoms. The van der Waals surface area contributed by atoms with Gasteiger partial charge in [-0.15, -0.1) is 0 Å². The minimum Gasteiger partial charge on any atom is -0.338 e. The molecule has 70 valence electrons. The first-order valence-corrected chi connectivity index (χ1v) is 4.63. The Kier molecular flexibility index (Phi) is 1.72. The summed E-state index contributed by atoms with van der Waals surface area (Å²) < 4.78 is 5.86. The van der Waals surface area contributed by atoms with Gasteiger partial charge in [-0.3, -0.25) is 0 Å². The van der Waals surface area contributed by atoms with Crippen molar-refractivity contribution in [2.45, 2.75) is 57.5 Å². The van der Waals surface area contributed by atoms with Gasteiger partial charge in [0.2, 0.25) is 5.79 Å². The van der Waals surface area contributed by atoms with Gasteiger partial charge >= 0.3 is 0 Å². The molecule has 2 bridgehead atoms. The first-order chi connectivity index (χ1) is 5.58. The lowest BCUT2D eigenvalue weighted by Crippen LogP contribution is -2.60. The molecule has 0 saturated carbocycles. The van der Waals surface area contributed by atoms with E-state index in [2.05, 4.69) is 20.8 Å². The van der Waals surface area contributed by atoms with E-state index in [0.717, 1.165) is 19.3 Å². The number of hydrogen-bond acceptors (Lipinski definition) is 3. The van der Waals surface area contributed by atoms with Crippen molar-refractivity contribution >= 4 is 0 Å². The molecule has 0 radical (unpaired) electrons. The maximum atomic E-state index is 5.86. The lowest BCUT2D eigenvalue weighted by molar-refractivity contribution is -0.542. The molecule has 3 aliphatic rings. The lowest BCUT2D eigenvalue weighted by atomic mass is 9.88. The molecule has 3 rings (SSSR count). The van der Waals surface area contributed by atoms with Gasteiger partial charge in [-0.05, 0) is 20.3 Å². The van der Waals surface area contributed by atoms with Crippen LogP contribution >= 0.6 is 0 Å². The van der Waals surface area contributed by atoms with Crippen molar-refractivity contribution < 1.29 is 14.5 Å². The third-order valence-corrected chi connectivity index (χ3v) is 2.87. The van der Waals surface area contributed by atoms with E-state index < -0.39 is 5.79 Å². The molecule has 0 aromatic rings. The van der Waals surface area contributed by atoms with Crippen molar-refractivity contribution in [1.29, 1.82) is 0 Å². The molecule has 2 atom stereocenters. The fraction of sp³-hybridized carbons (Fsp3) is 1.00. The van der Waals surface area contributed by atoms with Gasteiger partial charge in [0.05, 0.1) is 5.60 Å². The minimum atomic E-state index is -0.460. The summed E-state index contributed by atoms with van der Waals surface area (Å²) in [5.41, 5.74) is -0.188. The zero-order valence-electron chi connectivity index (χ0n) is 7.92. The lowest BCUT2D eigenvalue weighted by Gasteiger charge is -2.52. The van der Waals surface area contributed by atoms with E-state index in [0.29, 0.717) is 0 Å². The van der Waals surface area contributed by atoms with Gasteiger partial charge in [0.15, 0.2) is 0 Å². The summed E-state index contributed by atoms with van der Waals surface area (Å²) in [6, 6.07) is 0. The van der Waals surface area contributed by atoms with Gasteiger partial charge in [0.25, 0.3) is 0 Å². The average Bonchev–Trinajstić information content (AvgIpc) is 2.04. The fourth-order valence-electron chi connectivity index (χ4n) is 1.97. The molecule has 3 fully saturated rings. The quantitative estimate of drug-likeness (QED) is 0.566. The van der Waals surface area contributed by atoms with E-state index in [4.69, 9.17) is 14.5 Å². The summed E-state index contributed by atoms with van der Waals surface area (Å²) in [6.07, 6.45) is 2.95. The molecule has 0 aromatic carbocycles. The molecular formula is C9H16O3. The van der Waals surface area contributed by atoms with Crippen LogP contribution in [0.5, 0.6) is 0 Å². The van der Waals surface area contributed by atoms with Crippen LogP contribution in [0.25, 0.3) is 0 Å².